The lowest BCUT2D eigenvalue weighted by molar-refractivity contribution is -0.0900. The zero-order valence-corrected chi connectivity index (χ0v) is 11.0. The van der Waals surface area contributed by atoms with Crippen molar-refractivity contribution in [3.63, 3.8) is 0 Å². The molecule has 0 bridgehead atoms. The molecule has 1 saturated heterocycles. The fourth-order valence-corrected chi connectivity index (χ4v) is 2.03. The molecule has 3 heteroatoms. The highest BCUT2D eigenvalue weighted by atomic mass is 16.6. The molecule has 1 aliphatic rings. The Morgan fingerprint density at radius 2 is 2.00 bits per heavy atom. The number of ether oxygens (including phenoxy) is 3. The molecule has 0 spiro atoms. The van der Waals surface area contributed by atoms with Gasteiger partial charge in [-0.15, -0.1) is 0 Å². The van der Waals surface area contributed by atoms with Crippen molar-refractivity contribution in [2.45, 2.75) is 38.6 Å². The first kappa shape index (κ1) is 13.5. The van der Waals surface area contributed by atoms with Crippen LogP contribution in [0.2, 0.25) is 0 Å². The van der Waals surface area contributed by atoms with E-state index in [1.54, 1.807) is 0 Å². The van der Waals surface area contributed by atoms with Crippen LogP contribution in [0.4, 0.5) is 0 Å². The molecule has 0 aromatic heterocycles. The van der Waals surface area contributed by atoms with E-state index in [2.05, 4.69) is 19.1 Å². The van der Waals surface area contributed by atoms with Crippen molar-refractivity contribution < 1.29 is 14.2 Å². The molecule has 1 aromatic carbocycles. The van der Waals surface area contributed by atoms with Crippen LogP contribution in [0.25, 0.3) is 0 Å². The lowest BCUT2D eigenvalue weighted by Crippen LogP contribution is -2.30. The third-order valence-electron chi connectivity index (χ3n) is 3.15. The Labute approximate surface area is 109 Å². The van der Waals surface area contributed by atoms with Crippen molar-refractivity contribution in [2.24, 2.45) is 0 Å². The maximum absolute atomic E-state index is 5.72. The average Bonchev–Trinajstić information content (AvgIpc) is 2.42. The minimum Gasteiger partial charge on any atom is -0.376 e. The van der Waals surface area contributed by atoms with E-state index in [4.69, 9.17) is 14.2 Å². The molecule has 0 amide bonds. The Morgan fingerprint density at radius 3 is 2.72 bits per heavy atom. The summed E-state index contributed by atoms with van der Waals surface area (Å²) in [6, 6.07) is 10.2. The van der Waals surface area contributed by atoms with E-state index in [1.807, 2.05) is 18.2 Å². The molecule has 0 radical (unpaired) electrons. The fraction of sp³-hybridized carbons (Fsp3) is 0.600. The highest BCUT2D eigenvalue weighted by Gasteiger charge is 2.18. The van der Waals surface area contributed by atoms with Crippen molar-refractivity contribution in [3.05, 3.63) is 35.9 Å². The zero-order valence-electron chi connectivity index (χ0n) is 11.0. The highest BCUT2D eigenvalue weighted by molar-refractivity contribution is 5.13. The van der Waals surface area contributed by atoms with Gasteiger partial charge in [-0.3, -0.25) is 0 Å². The first-order chi connectivity index (χ1) is 8.84. The Kier molecular flexibility index (Phi) is 5.65. The molecule has 100 valence electrons. The molecule has 0 N–H and O–H groups in total. The van der Waals surface area contributed by atoms with Crippen LogP contribution >= 0.6 is 0 Å². The predicted molar refractivity (Wildman–Crippen MR) is 70.5 cm³/mol. The summed E-state index contributed by atoms with van der Waals surface area (Å²) < 4.78 is 16.8. The second kappa shape index (κ2) is 7.52. The third kappa shape index (κ3) is 4.77. The molecular weight excluding hydrogens is 228 g/mol. The quantitative estimate of drug-likeness (QED) is 0.727. The maximum atomic E-state index is 5.72. The van der Waals surface area contributed by atoms with Gasteiger partial charge in [-0.1, -0.05) is 30.3 Å². The van der Waals surface area contributed by atoms with Crippen molar-refractivity contribution in [1.82, 2.24) is 0 Å². The van der Waals surface area contributed by atoms with Crippen LogP contribution in [0.3, 0.4) is 0 Å². The van der Waals surface area contributed by atoms with Gasteiger partial charge in [0.15, 0.2) is 0 Å². The molecule has 18 heavy (non-hydrogen) atoms. The number of hydrogen-bond acceptors (Lipinski definition) is 3. The van der Waals surface area contributed by atoms with Gasteiger partial charge in [0, 0.05) is 0 Å². The van der Waals surface area contributed by atoms with Crippen LogP contribution in [0.5, 0.6) is 0 Å². The van der Waals surface area contributed by atoms with E-state index < -0.39 is 0 Å². The normalized spacial score (nSPS) is 24.1. The van der Waals surface area contributed by atoms with Crippen molar-refractivity contribution in [3.8, 4) is 0 Å². The van der Waals surface area contributed by atoms with Gasteiger partial charge in [-0.25, -0.2) is 0 Å². The molecule has 2 rings (SSSR count). The number of hydrogen-bond donors (Lipinski definition) is 0. The van der Waals surface area contributed by atoms with E-state index in [-0.39, 0.29) is 6.10 Å². The van der Waals surface area contributed by atoms with Gasteiger partial charge < -0.3 is 14.2 Å². The monoisotopic (exact) mass is 250 g/mol. The van der Waals surface area contributed by atoms with E-state index in [1.165, 1.54) is 5.56 Å². The van der Waals surface area contributed by atoms with Crippen LogP contribution in [0, 0.1) is 0 Å². The van der Waals surface area contributed by atoms with Crippen LogP contribution in [-0.4, -0.2) is 32.0 Å². The molecule has 2 unspecified atom stereocenters. The van der Waals surface area contributed by atoms with E-state index in [0.717, 1.165) is 19.4 Å². The smallest absolute Gasteiger partial charge is 0.0810 e. The van der Waals surface area contributed by atoms with Gasteiger partial charge in [0.1, 0.15) is 0 Å². The van der Waals surface area contributed by atoms with Crippen LogP contribution in [0.15, 0.2) is 30.3 Å². The minimum atomic E-state index is 0.251. The first-order valence-electron chi connectivity index (χ1n) is 6.69. The summed E-state index contributed by atoms with van der Waals surface area (Å²) in [4.78, 5) is 0. The molecule has 0 saturated carbocycles. The Bertz CT molecular complexity index is 318. The van der Waals surface area contributed by atoms with Crippen LogP contribution in [-0.2, 0) is 20.8 Å². The standard InChI is InChI=1S/C15H22O3/c1-13-7-8-15(12-18-13)17-10-9-16-11-14-5-3-2-4-6-14/h2-6,13,15H,7-12H2,1H3. The van der Waals surface area contributed by atoms with E-state index >= 15 is 0 Å². The van der Waals surface area contributed by atoms with Crippen molar-refractivity contribution in [1.29, 1.82) is 0 Å². The maximum Gasteiger partial charge on any atom is 0.0810 e. The van der Waals surface area contributed by atoms with Gasteiger partial charge >= 0.3 is 0 Å². The molecule has 2 atom stereocenters. The van der Waals surface area contributed by atoms with Gasteiger partial charge in [0.2, 0.25) is 0 Å². The minimum absolute atomic E-state index is 0.251. The second-order valence-electron chi connectivity index (χ2n) is 4.75. The van der Waals surface area contributed by atoms with Crippen LogP contribution in [0.1, 0.15) is 25.3 Å². The molecule has 1 aromatic rings. The molecule has 3 nitrogen and oxygen atoms in total. The third-order valence-corrected chi connectivity index (χ3v) is 3.15. The van der Waals surface area contributed by atoms with Gasteiger partial charge in [-0.05, 0) is 25.3 Å². The molecule has 1 aliphatic heterocycles. The van der Waals surface area contributed by atoms with Crippen molar-refractivity contribution >= 4 is 0 Å². The summed E-state index contributed by atoms with van der Waals surface area (Å²) in [5.41, 5.74) is 1.20. The number of rotatable bonds is 6. The predicted octanol–water partition coefficient (Wildman–Crippen LogP) is 2.79. The fourth-order valence-electron chi connectivity index (χ4n) is 2.03. The summed E-state index contributed by atoms with van der Waals surface area (Å²) in [6.45, 7) is 4.78. The largest absolute Gasteiger partial charge is 0.376 e. The first-order valence-corrected chi connectivity index (χ1v) is 6.69. The van der Waals surface area contributed by atoms with Gasteiger partial charge in [0.05, 0.1) is 38.6 Å². The Balaban J connectivity index is 1.51. The SMILES string of the molecule is CC1CCC(OCCOCc2ccccc2)CO1. The average molecular weight is 250 g/mol. The van der Waals surface area contributed by atoms with Gasteiger partial charge in [-0.2, -0.15) is 0 Å². The van der Waals surface area contributed by atoms with Gasteiger partial charge in [0.25, 0.3) is 0 Å². The molecular formula is C15H22O3. The zero-order chi connectivity index (χ0) is 12.6. The lowest BCUT2D eigenvalue weighted by Gasteiger charge is -2.26. The second-order valence-corrected chi connectivity index (χ2v) is 4.75. The lowest BCUT2D eigenvalue weighted by atomic mass is 10.1. The van der Waals surface area contributed by atoms with E-state index in [0.29, 0.717) is 25.9 Å². The summed E-state index contributed by atoms with van der Waals surface area (Å²) in [6.07, 6.45) is 2.83. The summed E-state index contributed by atoms with van der Waals surface area (Å²) in [5.74, 6) is 0. The summed E-state index contributed by atoms with van der Waals surface area (Å²) in [5, 5.41) is 0. The van der Waals surface area contributed by atoms with Crippen LogP contribution < -0.4 is 0 Å². The Morgan fingerprint density at radius 1 is 1.17 bits per heavy atom. The topological polar surface area (TPSA) is 27.7 Å². The summed E-state index contributed by atoms with van der Waals surface area (Å²) >= 11 is 0. The molecule has 1 fully saturated rings. The number of benzene rings is 1. The molecule has 0 aliphatic carbocycles. The van der Waals surface area contributed by atoms with E-state index in [9.17, 15) is 0 Å². The molecule has 1 heterocycles. The Hall–Kier alpha value is -0.900. The summed E-state index contributed by atoms with van der Waals surface area (Å²) in [7, 11) is 0. The highest BCUT2D eigenvalue weighted by Crippen LogP contribution is 2.15. The van der Waals surface area contributed by atoms with Crippen molar-refractivity contribution in [2.75, 3.05) is 19.8 Å².